The average molecular weight is 341 g/mol. The fraction of sp³-hybridized carbons (Fsp3) is 0. The molecule has 1 N–H and O–H groups in total. The Morgan fingerprint density at radius 1 is 1.17 bits per heavy atom. The Morgan fingerprint density at radius 2 is 2.00 bits per heavy atom. The molecule has 1 amide bonds. The van der Waals surface area contributed by atoms with Crippen LogP contribution in [0.4, 0.5) is 4.39 Å². The smallest absolute Gasteiger partial charge is 0.271 e. The second-order valence-electron chi connectivity index (χ2n) is 4.63. The molecule has 0 aliphatic heterocycles. The highest BCUT2D eigenvalue weighted by molar-refractivity contribution is 7.99. The minimum absolute atomic E-state index is 0.319. The zero-order chi connectivity index (χ0) is 16.8. The zero-order valence-electron chi connectivity index (χ0n) is 12.3. The summed E-state index contributed by atoms with van der Waals surface area (Å²) in [6.45, 7) is 0. The number of nitrogens with one attached hydrogen (secondary N) is 1. The van der Waals surface area contributed by atoms with Gasteiger partial charge in [0.2, 0.25) is 0 Å². The topological polar surface area (TPSA) is 67.5 Å². The molecule has 2 aromatic heterocycles. The monoisotopic (exact) mass is 341 g/mol. The second-order valence-corrected chi connectivity index (χ2v) is 5.66. The molecule has 2 heterocycles. The number of carbonyl (C=O) groups excluding carboxylic acids is 1. The Kier molecular flexibility index (Phi) is 5.02. The van der Waals surface area contributed by atoms with E-state index in [1.165, 1.54) is 42.2 Å². The molecule has 0 spiro atoms. The van der Waals surface area contributed by atoms with Crippen molar-refractivity contribution in [2.75, 3.05) is 0 Å². The van der Waals surface area contributed by atoms with Crippen LogP contribution in [-0.2, 0) is 0 Å². The van der Waals surface area contributed by atoms with E-state index in [4.69, 9.17) is 4.42 Å². The van der Waals surface area contributed by atoms with Crippen molar-refractivity contribution in [1.82, 2.24) is 10.4 Å². The summed E-state index contributed by atoms with van der Waals surface area (Å²) >= 11 is 1.38. The first-order valence-electron chi connectivity index (χ1n) is 6.98. The highest BCUT2D eigenvalue weighted by Gasteiger charge is 2.05. The van der Waals surface area contributed by atoms with E-state index in [1.807, 2.05) is 18.2 Å². The Balaban J connectivity index is 1.57. The molecule has 7 heteroatoms. The predicted molar refractivity (Wildman–Crippen MR) is 88.5 cm³/mol. The van der Waals surface area contributed by atoms with E-state index in [1.54, 1.807) is 18.3 Å². The van der Waals surface area contributed by atoms with Gasteiger partial charge in [0.05, 0.1) is 6.21 Å². The molecule has 24 heavy (non-hydrogen) atoms. The van der Waals surface area contributed by atoms with E-state index in [-0.39, 0.29) is 0 Å². The number of benzene rings is 1. The first-order chi connectivity index (χ1) is 11.7. The Labute approximate surface area is 141 Å². The molecule has 0 saturated carbocycles. The van der Waals surface area contributed by atoms with Crippen molar-refractivity contribution in [3.63, 3.8) is 0 Å². The van der Waals surface area contributed by atoms with Gasteiger partial charge < -0.3 is 4.42 Å². The summed E-state index contributed by atoms with van der Waals surface area (Å²) in [7, 11) is 0. The molecule has 0 radical (unpaired) electrons. The third-order valence-electron chi connectivity index (χ3n) is 2.91. The number of furan rings is 1. The number of hydrogen-bond acceptors (Lipinski definition) is 5. The number of aromatic nitrogens is 1. The van der Waals surface area contributed by atoms with E-state index >= 15 is 0 Å². The molecule has 3 aromatic rings. The molecule has 0 unspecified atom stereocenters. The highest BCUT2D eigenvalue weighted by Crippen LogP contribution is 2.26. The van der Waals surface area contributed by atoms with Crippen LogP contribution in [0.5, 0.6) is 0 Å². The summed E-state index contributed by atoms with van der Waals surface area (Å²) in [6, 6.07) is 14.3. The summed E-state index contributed by atoms with van der Waals surface area (Å²) in [4.78, 5) is 16.0. The SMILES string of the molecule is O=C(N/N=C\c1ccc(Sc2ccccn2)o1)c1ccc(F)cc1. The molecule has 3 rings (SSSR count). The van der Waals surface area contributed by atoms with E-state index in [0.717, 1.165) is 5.03 Å². The number of nitrogens with zero attached hydrogens (tertiary/aromatic N) is 2. The van der Waals surface area contributed by atoms with Crippen LogP contribution in [0.1, 0.15) is 16.1 Å². The van der Waals surface area contributed by atoms with Gasteiger partial charge in [0.1, 0.15) is 16.6 Å². The number of amides is 1. The molecule has 0 aliphatic carbocycles. The van der Waals surface area contributed by atoms with E-state index < -0.39 is 11.7 Å². The largest absolute Gasteiger partial charge is 0.448 e. The average Bonchev–Trinajstić information content (AvgIpc) is 3.03. The van der Waals surface area contributed by atoms with Gasteiger partial charge in [-0.25, -0.2) is 14.8 Å². The lowest BCUT2D eigenvalue weighted by atomic mass is 10.2. The van der Waals surface area contributed by atoms with Crippen LogP contribution in [0.3, 0.4) is 0 Å². The fourth-order valence-electron chi connectivity index (χ4n) is 1.79. The summed E-state index contributed by atoms with van der Waals surface area (Å²) in [5.41, 5.74) is 2.67. The van der Waals surface area contributed by atoms with Crippen LogP contribution < -0.4 is 5.43 Å². The molecule has 0 atom stereocenters. The van der Waals surface area contributed by atoms with E-state index in [9.17, 15) is 9.18 Å². The van der Waals surface area contributed by atoms with E-state index in [0.29, 0.717) is 16.4 Å². The van der Waals surface area contributed by atoms with Crippen molar-refractivity contribution in [1.29, 1.82) is 0 Å². The molecule has 0 fully saturated rings. The Bertz CT molecular complexity index is 848. The molecule has 0 saturated heterocycles. The third-order valence-corrected chi connectivity index (χ3v) is 3.78. The fourth-order valence-corrected chi connectivity index (χ4v) is 2.53. The van der Waals surface area contributed by atoms with Gasteiger partial charge in [0, 0.05) is 11.8 Å². The van der Waals surface area contributed by atoms with Crippen LogP contribution >= 0.6 is 11.8 Å². The van der Waals surface area contributed by atoms with Gasteiger partial charge in [-0.15, -0.1) is 0 Å². The van der Waals surface area contributed by atoms with Crippen LogP contribution in [0.25, 0.3) is 0 Å². The lowest BCUT2D eigenvalue weighted by Crippen LogP contribution is -2.17. The number of rotatable bonds is 5. The maximum atomic E-state index is 12.8. The van der Waals surface area contributed by atoms with Crippen LogP contribution in [0.15, 0.2) is 80.4 Å². The van der Waals surface area contributed by atoms with Gasteiger partial charge in [-0.2, -0.15) is 5.10 Å². The third kappa shape index (κ3) is 4.30. The molecule has 5 nitrogen and oxygen atoms in total. The van der Waals surface area contributed by atoms with Crippen molar-refractivity contribution in [3.8, 4) is 0 Å². The normalized spacial score (nSPS) is 10.9. The van der Waals surface area contributed by atoms with Gasteiger partial charge in [-0.3, -0.25) is 4.79 Å². The molecular weight excluding hydrogens is 329 g/mol. The van der Waals surface area contributed by atoms with Crippen molar-refractivity contribution in [2.45, 2.75) is 10.1 Å². The number of carbonyl (C=O) groups is 1. The Hall–Kier alpha value is -2.93. The van der Waals surface area contributed by atoms with Crippen LogP contribution in [-0.4, -0.2) is 17.1 Å². The number of halogens is 1. The van der Waals surface area contributed by atoms with E-state index in [2.05, 4.69) is 15.5 Å². The summed E-state index contributed by atoms with van der Waals surface area (Å²) in [6.07, 6.45) is 3.10. The van der Waals surface area contributed by atoms with Crippen molar-refractivity contribution in [3.05, 3.63) is 77.9 Å². The number of pyridine rings is 1. The summed E-state index contributed by atoms with van der Waals surface area (Å²) in [5, 5.41) is 5.31. The number of hydrazone groups is 1. The molecular formula is C17H12FN3O2S. The van der Waals surface area contributed by atoms with Gasteiger partial charge in [-0.05, 0) is 60.3 Å². The second kappa shape index (κ2) is 7.56. The predicted octanol–water partition coefficient (Wildman–Crippen LogP) is 3.73. The maximum absolute atomic E-state index is 12.8. The van der Waals surface area contributed by atoms with Crippen molar-refractivity contribution >= 4 is 23.9 Å². The highest BCUT2D eigenvalue weighted by atomic mass is 32.2. The minimum Gasteiger partial charge on any atom is -0.448 e. The molecule has 0 aliphatic rings. The Morgan fingerprint density at radius 3 is 2.75 bits per heavy atom. The molecule has 1 aromatic carbocycles. The minimum atomic E-state index is -0.430. The standard InChI is InChI=1S/C17H12FN3O2S/c18-13-6-4-12(5-7-13)17(22)21-20-11-14-8-9-16(23-14)24-15-3-1-2-10-19-15/h1-11H,(H,21,22)/b20-11-. The van der Waals surface area contributed by atoms with Crippen LogP contribution in [0, 0.1) is 5.82 Å². The quantitative estimate of drug-likeness (QED) is 0.567. The first-order valence-corrected chi connectivity index (χ1v) is 7.80. The summed E-state index contributed by atoms with van der Waals surface area (Å²) in [5.74, 6) is -0.336. The summed E-state index contributed by atoms with van der Waals surface area (Å²) < 4.78 is 18.4. The maximum Gasteiger partial charge on any atom is 0.271 e. The van der Waals surface area contributed by atoms with Crippen molar-refractivity contribution in [2.24, 2.45) is 5.10 Å². The lowest BCUT2D eigenvalue weighted by Gasteiger charge is -1.98. The first kappa shape index (κ1) is 15.9. The van der Waals surface area contributed by atoms with Gasteiger partial charge in [-0.1, -0.05) is 6.07 Å². The van der Waals surface area contributed by atoms with Crippen LogP contribution in [0.2, 0.25) is 0 Å². The van der Waals surface area contributed by atoms with Crippen molar-refractivity contribution < 1.29 is 13.6 Å². The zero-order valence-corrected chi connectivity index (χ0v) is 13.2. The number of hydrogen-bond donors (Lipinski definition) is 1. The molecule has 0 bridgehead atoms. The van der Waals surface area contributed by atoms with Gasteiger partial charge in [0.15, 0.2) is 5.09 Å². The lowest BCUT2D eigenvalue weighted by molar-refractivity contribution is 0.0955. The molecule has 120 valence electrons. The van der Waals surface area contributed by atoms with Gasteiger partial charge in [0.25, 0.3) is 5.91 Å². The van der Waals surface area contributed by atoms with Gasteiger partial charge >= 0.3 is 0 Å².